The molecule has 4 heteroatoms. The Balaban J connectivity index is 2.64. The van der Waals surface area contributed by atoms with Crippen LogP contribution in [0.25, 0.3) is 0 Å². The van der Waals surface area contributed by atoms with Crippen molar-refractivity contribution in [3.63, 3.8) is 0 Å². The van der Waals surface area contributed by atoms with Crippen LogP contribution < -0.4 is 3.61 Å². The van der Waals surface area contributed by atoms with Crippen LogP contribution in [-0.4, -0.2) is 32.1 Å². The van der Waals surface area contributed by atoms with Gasteiger partial charge >= 0.3 is 79.7 Å². The third-order valence-electron chi connectivity index (χ3n) is 1.18. The van der Waals surface area contributed by atoms with E-state index in [2.05, 4.69) is 4.74 Å². The Bertz CT molecular complexity index is 271. The Labute approximate surface area is 79.8 Å². The Morgan fingerprint density at radius 3 is 2.50 bits per heavy atom. The number of carbonyl (C=O) groups is 1. The van der Waals surface area contributed by atoms with Crippen LogP contribution in [0, 0.1) is 5.82 Å². The zero-order valence-corrected chi connectivity index (χ0v) is 8.74. The fraction of sp³-hybridized carbons (Fsp3) is 0.125. The normalized spacial score (nSPS) is 9.50. The van der Waals surface area contributed by atoms with Crippen LogP contribution in [-0.2, 0) is 4.74 Å². The molecular weight excluding hydrogens is 275 g/mol. The third kappa shape index (κ3) is 2.80. The summed E-state index contributed by atoms with van der Waals surface area (Å²) >= 11 is -0.953. The number of rotatable bonds is 2. The molecule has 0 bridgehead atoms. The van der Waals surface area contributed by atoms with E-state index in [0.717, 1.165) is 3.61 Å². The standard InChI is InChI=1S/C8H7FO2Te/c1-11-8(10)12-7-4-2-6(9)3-5-7/h2-5H,1H3. The van der Waals surface area contributed by atoms with Gasteiger partial charge in [0.25, 0.3) is 0 Å². The molecule has 12 heavy (non-hydrogen) atoms. The van der Waals surface area contributed by atoms with Crippen molar-refractivity contribution in [1.29, 1.82) is 0 Å². The minimum absolute atomic E-state index is 0.188. The summed E-state index contributed by atoms with van der Waals surface area (Å²) in [6.45, 7) is 0. The van der Waals surface area contributed by atoms with Gasteiger partial charge in [-0.05, 0) is 0 Å². The number of methoxy groups -OCH3 is 1. The molecule has 0 spiro atoms. The Kier molecular flexibility index (Phi) is 3.51. The van der Waals surface area contributed by atoms with Crippen LogP contribution in [0.5, 0.6) is 0 Å². The number of halogens is 1. The number of hydrogen-bond donors (Lipinski definition) is 0. The molecule has 0 atom stereocenters. The molecule has 0 saturated carbocycles. The van der Waals surface area contributed by atoms with Crippen molar-refractivity contribution < 1.29 is 13.9 Å². The van der Waals surface area contributed by atoms with E-state index < -0.39 is 20.9 Å². The molecule has 0 aliphatic rings. The van der Waals surface area contributed by atoms with Crippen molar-refractivity contribution in [3.05, 3.63) is 30.1 Å². The predicted molar refractivity (Wildman–Crippen MR) is 44.2 cm³/mol. The molecule has 1 aromatic rings. The van der Waals surface area contributed by atoms with Crippen LogP contribution >= 0.6 is 0 Å². The van der Waals surface area contributed by atoms with E-state index in [1.807, 2.05) is 0 Å². The van der Waals surface area contributed by atoms with Crippen LogP contribution in [0.2, 0.25) is 0 Å². The van der Waals surface area contributed by atoms with Crippen LogP contribution in [0.15, 0.2) is 24.3 Å². The first-order valence-corrected chi connectivity index (χ1v) is 5.57. The summed E-state index contributed by atoms with van der Waals surface area (Å²) in [6.07, 6.45) is 0. The second-order valence-electron chi connectivity index (χ2n) is 2.01. The zero-order chi connectivity index (χ0) is 8.97. The first kappa shape index (κ1) is 9.50. The van der Waals surface area contributed by atoms with Crippen molar-refractivity contribution in [3.8, 4) is 0 Å². The van der Waals surface area contributed by atoms with Gasteiger partial charge in [0.1, 0.15) is 0 Å². The number of benzene rings is 1. The molecule has 0 aromatic heterocycles. The molecule has 0 fully saturated rings. The van der Waals surface area contributed by atoms with Crippen LogP contribution in [0.4, 0.5) is 9.18 Å². The van der Waals surface area contributed by atoms with E-state index in [0.29, 0.717) is 0 Å². The van der Waals surface area contributed by atoms with E-state index in [1.165, 1.54) is 19.2 Å². The molecule has 0 aliphatic heterocycles. The second-order valence-corrected chi connectivity index (χ2v) is 4.89. The second kappa shape index (κ2) is 4.44. The maximum absolute atomic E-state index is 12.4. The molecule has 0 amide bonds. The van der Waals surface area contributed by atoms with Gasteiger partial charge in [-0.3, -0.25) is 0 Å². The van der Waals surface area contributed by atoms with E-state index >= 15 is 0 Å². The molecular formula is C8H7FO2Te. The van der Waals surface area contributed by atoms with E-state index in [9.17, 15) is 9.18 Å². The molecule has 0 unspecified atom stereocenters. The summed E-state index contributed by atoms with van der Waals surface area (Å²) in [7, 11) is 1.36. The molecule has 64 valence electrons. The first-order chi connectivity index (χ1) is 5.72. The van der Waals surface area contributed by atoms with E-state index in [-0.39, 0.29) is 9.83 Å². The van der Waals surface area contributed by atoms with Crippen molar-refractivity contribution in [1.82, 2.24) is 0 Å². The number of hydrogen-bond acceptors (Lipinski definition) is 2. The van der Waals surface area contributed by atoms with Gasteiger partial charge in [0.2, 0.25) is 0 Å². The summed E-state index contributed by atoms with van der Waals surface area (Å²) in [5.74, 6) is -0.281. The van der Waals surface area contributed by atoms with Crippen molar-refractivity contribution in [2.75, 3.05) is 7.11 Å². The summed E-state index contributed by atoms with van der Waals surface area (Å²) in [4.78, 5) is 10.8. The van der Waals surface area contributed by atoms with Crippen LogP contribution in [0.1, 0.15) is 0 Å². The molecule has 0 saturated heterocycles. The molecule has 0 N–H and O–H groups in total. The third-order valence-corrected chi connectivity index (χ3v) is 3.58. The van der Waals surface area contributed by atoms with Gasteiger partial charge in [-0.1, -0.05) is 0 Å². The zero-order valence-electron chi connectivity index (χ0n) is 6.41. The van der Waals surface area contributed by atoms with Gasteiger partial charge in [0.05, 0.1) is 0 Å². The summed E-state index contributed by atoms with van der Waals surface area (Å²) in [5.41, 5.74) is 0. The molecule has 0 heterocycles. The SMILES string of the molecule is COC(=O)[Te]c1ccc(F)cc1. The maximum atomic E-state index is 12.4. The van der Waals surface area contributed by atoms with Gasteiger partial charge in [0.15, 0.2) is 0 Å². The molecule has 1 rings (SSSR count). The number of ether oxygens (including phenoxy) is 1. The Hall–Kier alpha value is -0.590. The minimum atomic E-state index is -0.953. The molecule has 2 nitrogen and oxygen atoms in total. The summed E-state index contributed by atoms with van der Waals surface area (Å²) in [5, 5.41) is 0. The fourth-order valence-electron chi connectivity index (χ4n) is 0.641. The van der Waals surface area contributed by atoms with E-state index in [4.69, 9.17) is 0 Å². The molecule has 0 radical (unpaired) electrons. The average Bonchev–Trinajstić information content (AvgIpc) is 2.09. The van der Waals surface area contributed by atoms with Crippen molar-refractivity contribution in [2.45, 2.75) is 0 Å². The average molecular weight is 282 g/mol. The fourth-order valence-corrected chi connectivity index (χ4v) is 2.20. The first-order valence-electron chi connectivity index (χ1n) is 3.24. The summed E-state index contributed by atoms with van der Waals surface area (Å²) in [6, 6.07) is 5.94. The quantitative estimate of drug-likeness (QED) is 0.754. The Morgan fingerprint density at radius 1 is 1.42 bits per heavy atom. The van der Waals surface area contributed by atoms with Gasteiger partial charge < -0.3 is 0 Å². The molecule has 0 aliphatic carbocycles. The van der Waals surface area contributed by atoms with E-state index in [1.54, 1.807) is 12.1 Å². The van der Waals surface area contributed by atoms with Gasteiger partial charge in [-0.25, -0.2) is 0 Å². The predicted octanol–water partition coefficient (Wildman–Crippen LogP) is 0.922. The van der Waals surface area contributed by atoms with Gasteiger partial charge in [-0.15, -0.1) is 0 Å². The summed E-state index contributed by atoms with van der Waals surface area (Å²) < 4.78 is 17.6. The van der Waals surface area contributed by atoms with Crippen molar-refractivity contribution in [2.24, 2.45) is 0 Å². The van der Waals surface area contributed by atoms with Gasteiger partial charge in [0, 0.05) is 0 Å². The Morgan fingerprint density at radius 2 is 2.00 bits per heavy atom. The molecule has 1 aromatic carbocycles. The number of carbonyl (C=O) groups excluding carboxylic acids is 1. The van der Waals surface area contributed by atoms with Gasteiger partial charge in [-0.2, -0.15) is 0 Å². The topological polar surface area (TPSA) is 26.3 Å². The van der Waals surface area contributed by atoms with Crippen molar-refractivity contribution >= 4 is 28.6 Å². The monoisotopic (exact) mass is 284 g/mol. The van der Waals surface area contributed by atoms with Crippen LogP contribution in [0.3, 0.4) is 0 Å².